The number of hydrogen-bond donors (Lipinski definition) is 2. The Bertz CT molecular complexity index is 766. The van der Waals surface area contributed by atoms with E-state index in [0.717, 1.165) is 21.5 Å². The molecule has 20 heavy (non-hydrogen) atoms. The highest BCUT2D eigenvalue weighted by Gasteiger charge is 2.22. The predicted molar refractivity (Wildman–Crippen MR) is 78.0 cm³/mol. The third kappa shape index (κ3) is 1.92. The predicted octanol–water partition coefficient (Wildman–Crippen LogP) is 2.91. The van der Waals surface area contributed by atoms with Crippen molar-refractivity contribution in [2.24, 2.45) is 0 Å². The normalized spacial score (nSPS) is 14.1. The lowest BCUT2D eigenvalue weighted by atomic mass is 9.92. The zero-order valence-electron chi connectivity index (χ0n) is 10.7. The van der Waals surface area contributed by atoms with E-state index in [4.69, 9.17) is 5.26 Å². The van der Waals surface area contributed by atoms with Crippen molar-refractivity contribution < 1.29 is 10.2 Å². The summed E-state index contributed by atoms with van der Waals surface area (Å²) in [6, 6.07) is 19.0. The molecule has 3 aromatic rings. The zero-order chi connectivity index (χ0) is 14.1. The second-order valence-electron chi connectivity index (χ2n) is 4.75. The van der Waals surface area contributed by atoms with Crippen LogP contribution in [0.1, 0.15) is 11.7 Å². The molecule has 0 fully saturated rings. The molecular formula is C17H13NO2. The lowest BCUT2D eigenvalue weighted by Gasteiger charge is -2.17. The van der Waals surface area contributed by atoms with Gasteiger partial charge in [-0.3, -0.25) is 0 Å². The van der Waals surface area contributed by atoms with Gasteiger partial charge in [-0.25, -0.2) is 0 Å². The minimum absolute atomic E-state index is 0.604. The van der Waals surface area contributed by atoms with Crippen molar-refractivity contribution in [1.82, 2.24) is 0 Å². The third-order valence-electron chi connectivity index (χ3n) is 3.54. The van der Waals surface area contributed by atoms with E-state index in [2.05, 4.69) is 0 Å². The van der Waals surface area contributed by atoms with Crippen molar-refractivity contribution >= 4 is 21.5 Å². The molecule has 0 aromatic heterocycles. The highest BCUT2D eigenvalue weighted by atomic mass is 16.3. The summed E-state index contributed by atoms with van der Waals surface area (Å²) in [6.07, 6.45) is -2.67. The first-order valence-corrected chi connectivity index (χ1v) is 6.38. The van der Waals surface area contributed by atoms with Gasteiger partial charge in [-0.15, -0.1) is 0 Å². The number of rotatable bonds is 2. The van der Waals surface area contributed by atoms with Crippen molar-refractivity contribution in [3.05, 3.63) is 60.2 Å². The van der Waals surface area contributed by atoms with Gasteiger partial charge in [-0.1, -0.05) is 48.5 Å². The van der Waals surface area contributed by atoms with E-state index in [0.29, 0.717) is 5.56 Å². The van der Waals surface area contributed by atoms with Gasteiger partial charge in [0.1, 0.15) is 6.10 Å². The number of aliphatic hydroxyl groups is 2. The van der Waals surface area contributed by atoms with Gasteiger partial charge in [0.05, 0.1) is 6.07 Å². The Kier molecular flexibility index (Phi) is 3.11. The first-order valence-electron chi connectivity index (χ1n) is 6.38. The van der Waals surface area contributed by atoms with Crippen LogP contribution in [-0.4, -0.2) is 16.3 Å². The second kappa shape index (κ2) is 4.93. The van der Waals surface area contributed by atoms with Crippen molar-refractivity contribution in [3.63, 3.8) is 0 Å². The van der Waals surface area contributed by atoms with E-state index in [9.17, 15) is 10.2 Å². The Morgan fingerprint density at radius 2 is 1.35 bits per heavy atom. The molecule has 0 radical (unpaired) electrons. The molecular weight excluding hydrogens is 250 g/mol. The molecule has 0 spiro atoms. The quantitative estimate of drug-likeness (QED) is 0.552. The van der Waals surface area contributed by atoms with E-state index in [1.165, 1.54) is 0 Å². The molecule has 3 heteroatoms. The van der Waals surface area contributed by atoms with Crippen LogP contribution in [0.5, 0.6) is 0 Å². The van der Waals surface area contributed by atoms with Crippen LogP contribution in [0.25, 0.3) is 21.5 Å². The maximum atomic E-state index is 10.3. The molecule has 0 bridgehead atoms. The number of nitrogens with zero attached hydrogens (tertiary/aromatic N) is 1. The van der Waals surface area contributed by atoms with Gasteiger partial charge in [-0.2, -0.15) is 5.26 Å². The van der Waals surface area contributed by atoms with E-state index in [1.807, 2.05) is 54.6 Å². The smallest absolute Gasteiger partial charge is 0.170 e. The molecule has 3 rings (SSSR count). The highest BCUT2D eigenvalue weighted by molar-refractivity contribution is 6.02. The van der Waals surface area contributed by atoms with Gasteiger partial charge in [0.15, 0.2) is 6.10 Å². The third-order valence-corrected chi connectivity index (χ3v) is 3.54. The van der Waals surface area contributed by atoms with Crippen molar-refractivity contribution in [1.29, 1.82) is 5.26 Å². The van der Waals surface area contributed by atoms with Crippen LogP contribution in [0.3, 0.4) is 0 Å². The first kappa shape index (κ1) is 12.6. The molecule has 3 nitrogen and oxygen atoms in total. The number of aliphatic hydroxyl groups excluding tert-OH is 2. The molecule has 2 atom stereocenters. The van der Waals surface area contributed by atoms with Crippen LogP contribution < -0.4 is 0 Å². The number of fused-ring (bicyclic) bond motifs is 2. The fourth-order valence-electron chi connectivity index (χ4n) is 2.60. The van der Waals surface area contributed by atoms with Crippen LogP contribution in [0.15, 0.2) is 54.6 Å². The summed E-state index contributed by atoms with van der Waals surface area (Å²) in [5.74, 6) is 0. The summed E-state index contributed by atoms with van der Waals surface area (Å²) in [6.45, 7) is 0. The Balaban J connectivity index is 2.43. The average Bonchev–Trinajstić information content (AvgIpc) is 2.51. The Morgan fingerprint density at radius 3 is 1.85 bits per heavy atom. The van der Waals surface area contributed by atoms with Crippen molar-refractivity contribution in [3.8, 4) is 6.07 Å². The van der Waals surface area contributed by atoms with E-state index in [1.54, 1.807) is 6.07 Å². The topological polar surface area (TPSA) is 64.2 Å². The lowest BCUT2D eigenvalue weighted by molar-refractivity contribution is 0.0547. The van der Waals surface area contributed by atoms with E-state index < -0.39 is 12.2 Å². The Hall–Kier alpha value is -2.41. The molecule has 0 aliphatic rings. The van der Waals surface area contributed by atoms with Gasteiger partial charge in [0.25, 0.3) is 0 Å². The van der Waals surface area contributed by atoms with E-state index >= 15 is 0 Å². The minimum Gasteiger partial charge on any atom is -0.385 e. The average molecular weight is 263 g/mol. The van der Waals surface area contributed by atoms with Crippen LogP contribution in [-0.2, 0) is 0 Å². The summed E-state index contributed by atoms with van der Waals surface area (Å²) < 4.78 is 0. The lowest BCUT2D eigenvalue weighted by Crippen LogP contribution is -2.16. The fourth-order valence-corrected chi connectivity index (χ4v) is 2.60. The zero-order valence-corrected chi connectivity index (χ0v) is 10.7. The van der Waals surface area contributed by atoms with Gasteiger partial charge < -0.3 is 10.2 Å². The molecule has 0 saturated heterocycles. The summed E-state index contributed by atoms with van der Waals surface area (Å²) in [5, 5.41) is 32.5. The van der Waals surface area contributed by atoms with Gasteiger partial charge >= 0.3 is 0 Å². The monoisotopic (exact) mass is 263 g/mol. The van der Waals surface area contributed by atoms with Crippen LogP contribution in [0.4, 0.5) is 0 Å². The molecule has 2 N–H and O–H groups in total. The van der Waals surface area contributed by atoms with Crippen molar-refractivity contribution in [2.75, 3.05) is 0 Å². The standard InChI is InChI=1S/C17H13NO2/c18-10-15(19)17(20)16-13-7-3-1-5-11(13)9-12-6-2-4-8-14(12)16/h1-9,15,17,19-20H. The molecule has 98 valence electrons. The SMILES string of the molecule is N#CC(O)C(O)c1c2ccccc2cc2ccccc12. The van der Waals surface area contributed by atoms with E-state index in [-0.39, 0.29) is 0 Å². The largest absolute Gasteiger partial charge is 0.385 e. The number of nitriles is 1. The first-order chi connectivity index (χ1) is 9.72. The van der Waals surface area contributed by atoms with Crippen LogP contribution >= 0.6 is 0 Å². The van der Waals surface area contributed by atoms with Crippen molar-refractivity contribution in [2.45, 2.75) is 12.2 Å². The molecule has 0 amide bonds. The maximum Gasteiger partial charge on any atom is 0.170 e. The van der Waals surface area contributed by atoms with Gasteiger partial charge in [0, 0.05) is 0 Å². The number of benzene rings is 3. The highest BCUT2D eigenvalue weighted by Crippen LogP contribution is 2.33. The fraction of sp³-hybridized carbons (Fsp3) is 0.118. The molecule has 0 saturated carbocycles. The van der Waals surface area contributed by atoms with Gasteiger partial charge in [0.2, 0.25) is 0 Å². The molecule has 0 aliphatic heterocycles. The molecule has 0 heterocycles. The van der Waals surface area contributed by atoms with Gasteiger partial charge in [-0.05, 0) is 33.2 Å². The molecule has 0 aliphatic carbocycles. The Morgan fingerprint density at radius 1 is 0.850 bits per heavy atom. The maximum absolute atomic E-state index is 10.3. The minimum atomic E-state index is -1.44. The summed E-state index contributed by atoms with van der Waals surface area (Å²) >= 11 is 0. The Labute approximate surface area is 116 Å². The second-order valence-corrected chi connectivity index (χ2v) is 4.75. The summed E-state index contributed by atoms with van der Waals surface area (Å²) in [7, 11) is 0. The molecule has 2 unspecified atom stereocenters. The molecule has 3 aromatic carbocycles. The van der Waals surface area contributed by atoms with Crippen LogP contribution in [0.2, 0.25) is 0 Å². The summed E-state index contributed by atoms with van der Waals surface area (Å²) in [4.78, 5) is 0. The van der Waals surface area contributed by atoms with Crippen LogP contribution in [0, 0.1) is 11.3 Å². The summed E-state index contributed by atoms with van der Waals surface area (Å²) in [5.41, 5.74) is 0.604. The number of hydrogen-bond acceptors (Lipinski definition) is 3.